The Hall–Kier alpha value is -1.14. The minimum Gasteiger partial charge on any atom is -0.384 e. The van der Waals surface area contributed by atoms with Gasteiger partial charge in [-0.05, 0) is 18.6 Å². The van der Waals surface area contributed by atoms with Crippen molar-refractivity contribution in [2.24, 2.45) is 5.14 Å². The van der Waals surface area contributed by atoms with Crippen LogP contribution in [0.25, 0.3) is 0 Å². The molecule has 2 rings (SSSR count). The molecule has 0 saturated carbocycles. The normalized spacial score (nSPS) is 15.0. The van der Waals surface area contributed by atoms with E-state index in [-0.39, 0.29) is 4.90 Å². The van der Waals surface area contributed by atoms with Crippen molar-refractivity contribution in [1.29, 1.82) is 0 Å². The lowest BCUT2D eigenvalue weighted by Gasteiger charge is -2.04. The second-order valence-electron chi connectivity index (χ2n) is 3.15. The van der Waals surface area contributed by atoms with Crippen molar-refractivity contribution in [2.75, 3.05) is 11.9 Å². The third-order valence-electron chi connectivity index (χ3n) is 2.19. The Morgan fingerprint density at radius 3 is 2.79 bits per heavy atom. The zero-order chi connectivity index (χ0) is 10.3. The van der Waals surface area contributed by atoms with Crippen molar-refractivity contribution in [2.45, 2.75) is 11.3 Å². The zero-order valence-electron chi connectivity index (χ0n) is 7.25. The summed E-state index contributed by atoms with van der Waals surface area (Å²) in [5.41, 5.74) is 1.05. The van der Waals surface area contributed by atoms with Crippen LogP contribution in [0.4, 0.5) is 10.1 Å². The smallest absolute Gasteiger partial charge is 0.238 e. The number of sulfonamides is 1. The number of rotatable bonds is 1. The van der Waals surface area contributed by atoms with E-state index in [1.807, 2.05) is 0 Å². The molecule has 1 aromatic carbocycles. The molecule has 0 aliphatic carbocycles. The minimum atomic E-state index is -3.83. The highest BCUT2D eigenvalue weighted by Gasteiger charge is 2.19. The average molecular weight is 216 g/mol. The first-order chi connectivity index (χ1) is 6.48. The molecule has 0 fully saturated rings. The van der Waals surface area contributed by atoms with Gasteiger partial charge in [0.15, 0.2) is 0 Å². The van der Waals surface area contributed by atoms with Crippen LogP contribution in [0.3, 0.4) is 0 Å². The molecular formula is C8H9FN2O2S. The Labute approximate surface area is 81.0 Å². The van der Waals surface area contributed by atoms with Crippen molar-refractivity contribution in [3.63, 3.8) is 0 Å². The number of fused-ring (bicyclic) bond motifs is 1. The van der Waals surface area contributed by atoms with E-state index >= 15 is 0 Å². The fourth-order valence-electron chi connectivity index (χ4n) is 1.51. The van der Waals surface area contributed by atoms with E-state index in [1.165, 1.54) is 6.07 Å². The number of nitrogens with two attached hydrogens (primary N) is 1. The average Bonchev–Trinajstić information content (AvgIpc) is 2.50. The highest BCUT2D eigenvalue weighted by atomic mass is 32.2. The fourth-order valence-corrected chi connectivity index (χ4v) is 2.06. The first-order valence-electron chi connectivity index (χ1n) is 4.07. The van der Waals surface area contributed by atoms with Gasteiger partial charge in [-0.15, -0.1) is 0 Å². The van der Waals surface area contributed by atoms with Gasteiger partial charge in [0, 0.05) is 17.8 Å². The molecule has 14 heavy (non-hydrogen) atoms. The lowest BCUT2D eigenvalue weighted by atomic mass is 10.1. The van der Waals surface area contributed by atoms with E-state index in [0.717, 1.165) is 6.07 Å². The first kappa shape index (κ1) is 9.42. The Morgan fingerprint density at radius 2 is 2.14 bits per heavy atom. The lowest BCUT2D eigenvalue weighted by molar-refractivity contribution is 0.590. The van der Waals surface area contributed by atoms with E-state index in [9.17, 15) is 12.8 Å². The van der Waals surface area contributed by atoms with Crippen LogP contribution in [0.5, 0.6) is 0 Å². The molecule has 0 bridgehead atoms. The van der Waals surface area contributed by atoms with Crippen molar-refractivity contribution >= 4 is 15.7 Å². The summed E-state index contributed by atoms with van der Waals surface area (Å²) in [5, 5.41) is 7.79. The summed E-state index contributed by atoms with van der Waals surface area (Å²) in [6, 6.07) is 2.32. The Balaban J connectivity index is 2.64. The number of halogens is 1. The van der Waals surface area contributed by atoms with Crippen molar-refractivity contribution < 1.29 is 12.8 Å². The van der Waals surface area contributed by atoms with Crippen LogP contribution >= 0.6 is 0 Å². The van der Waals surface area contributed by atoms with Crippen LogP contribution in [-0.2, 0) is 16.4 Å². The van der Waals surface area contributed by atoms with Gasteiger partial charge < -0.3 is 5.32 Å². The summed E-state index contributed by atoms with van der Waals surface area (Å²) < 4.78 is 35.3. The van der Waals surface area contributed by atoms with Gasteiger partial charge in [0.1, 0.15) is 5.82 Å². The van der Waals surface area contributed by atoms with Gasteiger partial charge in [0.2, 0.25) is 10.0 Å². The molecule has 1 heterocycles. The predicted molar refractivity (Wildman–Crippen MR) is 50.0 cm³/mol. The van der Waals surface area contributed by atoms with Crippen molar-refractivity contribution in [3.8, 4) is 0 Å². The topological polar surface area (TPSA) is 72.2 Å². The molecule has 0 aromatic heterocycles. The monoisotopic (exact) mass is 216 g/mol. The van der Waals surface area contributed by atoms with E-state index < -0.39 is 15.8 Å². The second kappa shape index (κ2) is 2.93. The van der Waals surface area contributed by atoms with Gasteiger partial charge in [-0.2, -0.15) is 0 Å². The van der Waals surface area contributed by atoms with Crippen molar-refractivity contribution in [1.82, 2.24) is 0 Å². The summed E-state index contributed by atoms with van der Waals surface area (Å²) in [6.07, 6.45) is 0.575. The zero-order valence-corrected chi connectivity index (χ0v) is 8.07. The van der Waals surface area contributed by atoms with Crippen LogP contribution < -0.4 is 10.5 Å². The molecule has 3 N–H and O–H groups in total. The second-order valence-corrected chi connectivity index (χ2v) is 4.71. The largest absolute Gasteiger partial charge is 0.384 e. The quantitative estimate of drug-likeness (QED) is 0.715. The summed E-state index contributed by atoms with van der Waals surface area (Å²) in [4.78, 5) is -0.192. The van der Waals surface area contributed by atoms with Gasteiger partial charge in [-0.3, -0.25) is 0 Å². The third-order valence-corrected chi connectivity index (χ3v) is 3.08. The van der Waals surface area contributed by atoms with Crippen LogP contribution in [0.15, 0.2) is 17.0 Å². The molecule has 76 valence electrons. The van der Waals surface area contributed by atoms with Crippen LogP contribution in [0.2, 0.25) is 0 Å². The van der Waals surface area contributed by atoms with Gasteiger partial charge in [-0.25, -0.2) is 17.9 Å². The maximum absolute atomic E-state index is 13.3. The maximum Gasteiger partial charge on any atom is 0.238 e. The van der Waals surface area contributed by atoms with Crippen LogP contribution in [-0.4, -0.2) is 15.0 Å². The predicted octanol–water partition coefficient (Wildman–Crippen LogP) is 0.441. The minimum absolute atomic E-state index is 0.192. The molecule has 1 aliphatic rings. The lowest BCUT2D eigenvalue weighted by Crippen LogP contribution is -2.12. The SMILES string of the molecule is NS(=O)(=O)c1cc(F)c2c(c1)NCC2. The number of anilines is 1. The molecule has 0 spiro atoms. The highest BCUT2D eigenvalue weighted by Crippen LogP contribution is 2.27. The highest BCUT2D eigenvalue weighted by molar-refractivity contribution is 7.89. The Bertz CT molecular complexity index is 484. The van der Waals surface area contributed by atoms with E-state index in [0.29, 0.717) is 24.2 Å². The maximum atomic E-state index is 13.3. The van der Waals surface area contributed by atoms with E-state index in [1.54, 1.807) is 0 Å². The molecular weight excluding hydrogens is 207 g/mol. The van der Waals surface area contributed by atoms with E-state index in [4.69, 9.17) is 5.14 Å². The Morgan fingerprint density at radius 1 is 1.43 bits per heavy atom. The van der Waals surface area contributed by atoms with Crippen LogP contribution in [0, 0.1) is 5.82 Å². The fraction of sp³-hybridized carbons (Fsp3) is 0.250. The number of hydrogen-bond acceptors (Lipinski definition) is 3. The molecule has 0 saturated heterocycles. The third kappa shape index (κ3) is 1.46. The van der Waals surface area contributed by atoms with E-state index in [2.05, 4.69) is 5.32 Å². The molecule has 0 amide bonds. The van der Waals surface area contributed by atoms with Gasteiger partial charge in [-0.1, -0.05) is 0 Å². The van der Waals surface area contributed by atoms with Crippen LogP contribution in [0.1, 0.15) is 5.56 Å². The molecule has 1 aliphatic heterocycles. The standard InChI is InChI=1S/C8H9FN2O2S/c9-7-3-5(14(10,12)13)4-8-6(7)1-2-11-8/h3-4,11H,1-2H2,(H2,10,12,13). The summed E-state index contributed by atoms with van der Waals surface area (Å²) in [6.45, 7) is 0.625. The molecule has 6 heteroatoms. The van der Waals surface area contributed by atoms with Gasteiger partial charge in [0.05, 0.1) is 4.90 Å². The number of nitrogens with one attached hydrogen (secondary N) is 1. The van der Waals surface area contributed by atoms with Crippen molar-refractivity contribution in [3.05, 3.63) is 23.5 Å². The summed E-state index contributed by atoms with van der Waals surface area (Å²) in [7, 11) is -3.83. The number of hydrogen-bond donors (Lipinski definition) is 2. The molecule has 0 unspecified atom stereocenters. The Kier molecular flexibility index (Phi) is 1.97. The number of benzene rings is 1. The molecule has 4 nitrogen and oxygen atoms in total. The van der Waals surface area contributed by atoms with Gasteiger partial charge in [0.25, 0.3) is 0 Å². The molecule has 0 radical (unpaired) electrons. The molecule has 0 atom stereocenters. The van der Waals surface area contributed by atoms with Gasteiger partial charge >= 0.3 is 0 Å². The summed E-state index contributed by atoms with van der Waals surface area (Å²) in [5.74, 6) is -0.517. The summed E-state index contributed by atoms with van der Waals surface area (Å²) >= 11 is 0. The molecule has 1 aromatic rings. The first-order valence-corrected chi connectivity index (χ1v) is 5.62. The number of primary sulfonamides is 1.